The van der Waals surface area contributed by atoms with Gasteiger partial charge in [-0.05, 0) is 44.9 Å². The maximum absolute atomic E-state index is 12.8. The minimum Gasteiger partial charge on any atom is -0.462 e. The normalized spacial score (nSPS) is 12.1. The third kappa shape index (κ3) is 56.7. The molecule has 0 aromatic rings. The second-order valence-electron chi connectivity index (χ2n) is 21.0. The number of allylic oxidation sites excluding steroid dienone is 4. The number of esters is 3. The molecule has 406 valence electrons. The summed E-state index contributed by atoms with van der Waals surface area (Å²) in [4.78, 5) is 38.2. The summed E-state index contributed by atoms with van der Waals surface area (Å²) in [6.07, 6.45) is 69.0. The molecule has 0 spiro atoms. The smallest absolute Gasteiger partial charge is 0.306 e. The van der Waals surface area contributed by atoms with E-state index in [1.54, 1.807) is 0 Å². The van der Waals surface area contributed by atoms with E-state index in [1.807, 2.05) is 0 Å². The Morgan fingerprint density at radius 1 is 0.290 bits per heavy atom. The van der Waals surface area contributed by atoms with E-state index in [-0.39, 0.29) is 31.1 Å². The lowest BCUT2D eigenvalue weighted by Gasteiger charge is -2.18. The molecule has 0 amide bonds. The van der Waals surface area contributed by atoms with Crippen molar-refractivity contribution in [2.75, 3.05) is 13.2 Å². The van der Waals surface area contributed by atoms with E-state index in [4.69, 9.17) is 14.2 Å². The number of carbonyl (C=O) groups is 3. The Hall–Kier alpha value is -2.11. The van der Waals surface area contributed by atoms with Crippen molar-refractivity contribution < 1.29 is 28.6 Å². The van der Waals surface area contributed by atoms with Crippen molar-refractivity contribution >= 4 is 17.9 Å². The van der Waals surface area contributed by atoms with Crippen molar-refractivity contribution in [3.63, 3.8) is 0 Å². The predicted octanol–water partition coefficient (Wildman–Crippen LogP) is 20.7. The third-order valence-corrected chi connectivity index (χ3v) is 13.9. The quantitative estimate of drug-likeness (QED) is 0.0261. The lowest BCUT2D eigenvalue weighted by Crippen LogP contribution is -2.30. The number of hydrogen-bond acceptors (Lipinski definition) is 6. The van der Waals surface area contributed by atoms with Crippen LogP contribution in [0.3, 0.4) is 0 Å². The van der Waals surface area contributed by atoms with Crippen LogP contribution in [0.4, 0.5) is 0 Å². The summed E-state index contributed by atoms with van der Waals surface area (Å²) in [6, 6.07) is 0. The maximum atomic E-state index is 12.8. The molecule has 1 atom stereocenters. The number of ether oxygens (including phenoxy) is 3. The Morgan fingerprint density at radius 3 is 0.855 bits per heavy atom. The van der Waals surface area contributed by atoms with Gasteiger partial charge in [0.25, 0.3) is 0 Å². The molecule has 6 nitrogen and oxygen atoms in total. The molecule has 0 N–H and O–H groups in total. The lowest BCUT2D eigenvalue weighted by atomic mass is 10.0. The molecular weight excluding hydrogens is 853 g/mol. The van der Waals surface area contributed by atoms with Crippen LogP contribution in [0.5, 0.6) is 0 Å². The first-order chi connectivity index (χ1) is 34.0. The molecule has 0 aliphatic rings. The Bertz CT molecular complexity index is 1110. The topological polar surface area (TPSA) is 78.9 Å². The number of unbranched alkanes of at least 4 members (excludes halogenated alkanes) is 42. The Labute approximate surface area is 430 Å². The van der Waals surface area contributed by atoms with Crippen LogP contribution in [0.1, 0.15) is 342 Å². The van der Waals surface area contributed by atoms with Crippen molar-refractivity contribution in [2.45, 2.75) is 348 Å². The van der Waals surface area contributed by atoms with Gasteiger partial charge in [0.1, 0.15) is 13.2 Å². The van der Waals surface area contributed by atoms with Gasteiger partial charge in [0.05, 0.1) is 0 Å². The lowest BCUT2D eigenvalue weighted by molar-refractivity contribution is -0.167. The molecule has 0 rings (SSSR count). The van der Waals surface area contributed by atoms with Gasteiger partial charge in [-0.25, -0.2) is 0 Å². The molecule has 0 bridgehead atoms. The molecule has 0 saturated heterocycles. The molecule has 0 aliphatic carbocycles. The Morgan fingerprint density at radius 2 is 0.551 bits per heavy atom. The summed E-state index contributed by atoms with van der Waals surface area (Å²) in [6.45, 7) is 6.62. The summed E-state index contributed by atoms with van der Waals surface area (Å²) < 4.78 is 16.9. The molecule has 0 aliphatic heterocycles. The predicted molar refractivity (Wildman–Crippen MR) is 298 cm³/mol. The van der Waals surface area contributed by atoms with E-state index in [9.17, 15) is 14.4 Å². The molecule has 0 heterocycles. The minimum absolute atomic E-state index is 0.0700. The first-order valence-electron chi connectivity index (χ1n) is 30.8. The molecule has 0 radical (unpaired) electrons. The zero-order valence-corrected chi connectivity index (χ0v) is 46.6. The van der Waals surface area contributed by atoms with Gasteiger partial charge in [-0.15, -0.1) is 0 Å². The van der Waals surface area contributed by atoms with E-state index in [1.165, 1.54) is 218 Å². The molecular formula is C63H118O6. The highest BCUT2D eigenvalue weighted by Gasteiger charge is 2.19. The van der Waals surface area contributed by atoms with Gasteiger partial charge in [0.15, 0.2) is 6.10 Å². The van der Waals surface area contributed by atoms with Crippen LogP contribution in [-0.4, -0.2) is 37.2 Å². The molecule has 6 heteroatoms. The van der Waals surface area contributed by atoms with Crippen LogP contribution >= 0.6 is 0 Å². The van der Waals surface area contributed by atoms with Gasteiger partial charge in [-0.3, -0.25) is 14.4 Å². The fourth-order valence-corrected chi connectivity index (χ4v) is 9.31. The summed E-state index contributed by atoms with van der Waals surface area (Å²) in [5.74, 6) is -0.861. The van der Waals surface area contributed by atoms with Crippen molar-refractivity contribution in [1.29, 1.82) is 0 Å². The highest BCUT2D eigenvalue weighted by molar-refractivity contribution is 5.71. The van der Waals surface area contributed by atoms with Crippen LogP contribution in [0, 0.1) is 0 Å². The highest BCUT2D eigenvalue weighted by Crippen LogP contribution is 2.18. The zero-order chi connectivity index (χ0) is 50.0. The van der Waals surface area contributed by atoms with Gasteiger partial charge >= 0.3 is 17.9 Å². The van der Waals surface area contributed by atoms with E-state index in [0.29, 0.717) is 19.3 Å². The van der Waals surface area contributed by atoms with Crippen LogP contribution in [-0.2, 0) is 28.6 Å². The fraction of sp³-hybridized carbons (Fsp3) is 0.889. The fourth-order valence-electron chi connectivity index (χ4n) is 9.31. The molecule has 0 aromatic heterocycles. The van der Waals surface area contributed by atoms with Crippen molar-refractivity contribution in [1.82, 2.24) is 0 Å². The summed E-state index contributed by atoms with van der Waals surface area (Å²) in [5, 5.41) is 0. The number of rotatable bonds is 57. The van der Waals surface area contributed by atoms with Gasteiger partial charge in [-0.1, -0.05) is 302 Å². The third-order valence-electron chi connectivity index (χ3n) is 13.9. The van der Waals surface area contributed by atoms with Gasteiger partial charge in [-0.2, -0.15) is 0 Å². The van der Waals surface area contributed by atoms with Gasteiger partial charge in [0.2, 0.25) is 0 Å². The minimum atomic E-state index is -0.772. The molecule has 1 unspecified atom stereocenters. The van der Waals surface area contributed by atoms with Crippen molar-refractivity contribution in [2.24, 2.45) is 0 Å². The van der Waals surface area contributed by atoms with Crippen LogP contribution < -0.4 is 0 Å². The summed E-state index contributed by atoms with van der Waals surface area (Å²) >= 11 is 0. The molecule has 0 aromatic carbocycles. The van der Waals surface area contributed by atoms with Crippen LogP contribution in [0.25, 0.3) is 0 Å². The summed E-state index contributed by atoms with van der Waals surface area (Å²) in [5.41, 5.74) is 0. The van der Waals surface area contributed by atoms with Crippen LogP contribution in [0.2, 0.25) is 0 Å². The molecule has 69 heavy (non-hydrogen) atoms. The Kier molecular flexibility index (Phi) is 56.7. The van der Waals surface area contributed by atoms with Crippen LogP contribution in [0.15, 0.2) is 24.3 Å². The van der Waals surface area contributed by atoms with E-state index >= 15 is 0 Å². The Balaban J connectivity index is 4.21. The van der Waals surface area contributed by atoms with Gasteiger partial charge < -0.3 is 14.2 Å². The second kappa shape index (κ2) is 58.5. The first kappa shape index (κ1) is 66.9. The second-order valence-corrected chi connectivity index (χ2v) is 21.0. The van der Waals surface area contributed by atoms with Crippen molar-refractivity contribution in [3.05, 3.63) is 24.3 Å². The van der Waals surface area contributed by atoms with E-state index in [0.717, 1.165) is 83.5 Å². The average Bonchev–Trinajstić information content (AvgIpc) is 3.35. The number of carbonyl (C=O) groups excluding carboxylic acids is 3. The highest BCUT2D eigenvalue weighted by atomic mass is 16.6. The largest absolute Gasteiger partial charge is 0.462 e. The average molecular weight is 972 g/mol. The van der Waals surface area contributed by atoms with E-state index < -0.39 is 6.10 Å². The van der Waals surface area contributed by atoms with Crippen molar-refractivity contribution in [3.8, 4) is 0 Å². The molecule has 0 fully saturated rings. The monoisotopic (exact) mass is 971 g/mol. The number of hydrogen-bond donors (Lipinski definition) is 0. The molecule has 0 saturated carbocycles. The maximum Gasteiger partial charge on any atom is 0.306 e. The van der Waals surface area contributed by atoms with Gasteiger partial charge in [0, 0.05) is 19.3 Å². The first-order valence-corrected chi connectivity index (χ1v) is 30.8. The standard InChI is InChI=1S/C63H118O6/c1-4-7-10-13-16-19-22-25-27-28-29-30-31-32-33-34-35-36-39-41-44-47-50-53-56-62(65)68-59-60(58-67-61(64)55-52-49-46-43-40-37-24-21-18-15-12-9-6-3)69-63(66)57-54-51-48-45-42-38-26-23-20-17-14-11-8-5-2/h12,15,21,24,60H,4-11,13-14,16-20,22-23,25-59H2,1-3H3/b15-12-,24-21-. The van der Waals surface area contributed by atoms with E-state index in [2.05, 4.69) is 45.1 Å². The SMILES string of the molecule is CCC/C=C\C/C=C\CCCCCCCC(=O)OCC(COC(=O)CCCCCCCCCCCCCCCCCCCCCCCCCC)OC(=O)CCCCCCCCCCCCCCCC. The summed E-state index contributed by atoms with van der Waals surface area (Å²) in [7, 11) is 0. The zero-order valence-electron chi connectivity index (χ0n) is 46.6.